The Labute approximate surface area is 298 Å². The summed E-state index contributed by atoms with van der Waals surface area (Å²) in [6, 6.07) is -1.98. The zero-order valence-electron chi connectivity index (χ0n) is 25.5. The van der Waals surface area contributed by atoms with E-state index in [1.165, 1.54) is 5.38 Å². The average Bonchev–Trinajstić information content (AvgIpc) is 3.80. The van der Waals surface area contributed by atoms with Crippen LogP contribution in [0.1, 0.15) is 58.5 Å². The lowest BCUT2D eigenvalue weighted by molar-refractivity contribution is -0.256. The number of nitrogens with two attached hydrogens (primary N) is 1. The number of anilines is 1. The fourth-order valence-corrected chi connectivity index (χ4v) is 6.79. The molecule has 1 aliphatic carbocycles. The van der Waals surface area contributed by atoms with Gasteiger partial charge in [0, 0.05) is 18.2 Å². The van der Waals surface area contributed by atoms with E-state index in [9.17, 15) is 54.0 Å². The van der Waals surface area contributed by atoms with Gasteiger partial charge in [-0.05, 0) is 25.0 Å². The number of carboxylic acids is 2. The standard InChI is InChI=1S/C28H24Cl2N6O14S/c29-27(30)3-1-26(2-4-27,23(44)45)50-34-17(13-9-51-25(31)33-13)18(39)32-12-8-48-36(21(12)42)28(24(46)47)7-14(22(43)49-28)35-19(40)10-5-15(37)16(38)6-11(10)20(35)41/h5-6,9,12,14,37-38H,1-4,7-8H2,(H2,31,33)(H,32,39)(H,44,45)(H,46,47)/b34-17-/t12-,14-,28?/m0/s1. The molecule has 1 aromatic heterocycles. The highest BCUT2D eigenvalue weighted by molar-refractivity contribution is 7.13. The number of amides is 4. The van der Waals surface area contributed by atoms with Crippen molar-refractivity contribution >= 4 is 86.9 Å². The van der Waals surface area contributed by atoms with Gasteiger partial charge >= 0.3 is 23.6 Å². The summed E-state index contributed by atoms with van der Waals surface area (Å²) in [6.07, 6.45) is -1.34. The summed E-state index contributed by atoms with van der Waals surface area (Å²) in [5.74, 6) is -10.9. The lowest BCUT2D eigenvalue weighted by atomic mass is 9.84. The molecule has 4 heterocycles. The molecule has 4 amide bonds. The van der Waals surface area contributed by atoms with Gasteiger partial charge in [0.15, 0.2) is 22.3 Å². The summed E-state index contributed by atoms with van der Waals surface area (Å²) in [7, 11) is 0. The van der Waals surface area contributed by atoms with E-state index in [2.05, 4.69) is 15.5 Å². The minimum absolute atomic E-state index is 0.00991. The van der Waals surface area contributed by atoms with Gasteiger partial charge in [-0.15, -0.1) is 34.5 Å². The molecule has 7 N–H and O–H groups in total. The van der Waals surface area contributed by atoms with Gasteiger partial charge in [-0.25, -0.2) is 19.4 Å². The van der Waals surface area contributed by atoms with Crippen molar-refractivity contribution in [3.8, 4) is 11.5 Å². The summed E-state index contributed by atoms with van der Waals surface area (Å²) in [5, 5.41) is 47.2. The summed E-state index contributed by atoms with van der Waals surface area (Å²) in [4.78, 5) is 106. The number of hydrogen-bond acceptors (Lipinski definition) is 16. The summed E-state index contributed by atoms with van der Waals surface area (Å²) >= 11 is 13.2. The maximum atomic E-state index is 13.5. The molecule has 2 aromatic rings. The van der Waals surface area contributed by atoms with Gasteiger partial charge in [0.2, 0.25) is 5.60 Å². The second-order valence-electron chi connectivity index (χ2n) is 11.8. The lowest BCUT2D eigenvalue weighted by Crippen LogP contribution is -2.57. The van der Waals surface area contributed by atoms with Crippen LogP contribution in [0, 0.1) is 0 Å². The van der Waals surface area contributed by atoms with E-state index in [4.69, 9.17) is 43.3 Å². The van der Waals surface area contributed by atoms with Gasteiger partial charge in [-0.3, -0.25) is 28.9 Å². The predicted octanol–water partition coefficient (Wildman–Crippen LogP) is 0.0797. The molecule has 51 heavy (non-hydrogen) atoms. The van der Waals surface area contributed by atoms with Crippen LogP contribution in [0.2, 0.25) is 0 Å². The van der Waals surface area contributed by atoms with Crippen LogP contribution >= 0.6 is 34.5 Å². The van der Waals surface area contributed by atoms with Crippen LogP contribution in [0.4, 0.5) is 5.13 Å². The molecule has 23 heteroatoms. The number of oxime groups is 1. The van der Waals surface area contributed by atoms with E-state index < -0.39 is 99.5 Å². The van der Waals surface area contributed by atoms with Crippen LogP contribution in [0.3, 0.4) is 0 Å². The number of carbonyl (C=O) groups is 7. The zero-order valence-corrected chi connectivity index (χ0v) is 27.9. The van der Waals surface area contributed by atoms with Crippen LogP contribution in [0.25, 0.3) is 0 Å². The molecular formula is C28H24Cl2N6O14S. The Kier molecular flexibility index (Phi) is 8.72. The normalized spacial score (nSPS) is 25.5. The Hall–Kier alpha value is -5.25. The number of aliphatic carboxylic acids is 2. The Bertz CT molecular complexity index is 1900. The number of aromatic nitrogens is 1. The van der Waals surface area contributed by atoms with Crippen molar-refractivity contribution in [2.45, 2.75) is 59.8 Å². The fraction of sp³-hybridized carbons (Fsp3) is 0.393. The first-order chi connectivity index (χ1) is 23.9. The number of phenols is 2. The van der Waals surface area contributed by atoms with E-state index in [0.717, 1.165) is 23.5 Å². The van der Waals surface area contributed by atoms with Crippen LogP contribution in [-0.4, -0.2) is 117 Å². The van der Waals surface area contributed by atoms with Crippen LogP contribution in [0.5, 0.6) is 11.5 Å². The van der Waals surface area contributed by atoms with E-state index in [1.54, 1.807) is 0 Å². The molecule has 2 saturated heterocycles. The molecule has 1 aromatic carbocycles. The number of esters is 1. The molecule has 270 valence electrons. The van der Waals surface area contributed by atoms with E-state index >= 15 is 0 Å². The van der Waals surface area contributed by atoms with Crippen molar-refractivity contribution in [3.05, 3.63) is 34.3 Å². The highest BCUT2D eigenvalue weighted by atomic mass is 35.5. The quantitative estimate of drug-likeness (QED) is 0.0491. The number of nitrogen functional groups attached to an aromatic ring is 1. The third-order valence-electron chi connectivity index (χ3n) is 8.64. The fourth-order valence-electron chi connectivity index (χ4n) is 5.86. The second kappa shape index (κ2) is 12.5. The van der Waals surface area contributed by atoms with Crippen molar-refractivity contribution in [1.82, 2.24) is 20.3 Å². The SMILES string of the molecule is Nc1nc(/C(=N/OC2(C(=O)O)CCC(Cl)(Cl)CC2)C(=O)N[C@H]2CON(C3(C(=O)O)C[C@H](N4C(=O)c5cc(O)c(O)cc5C4=O)C(=O)O3)C2=O)cs1. The first kappa shape index (κ1) is 35.6. The number of carboxylic acid groups (broad SMARTS) is 2. The van der Waals surface area contributed by atoms with Crippen molar-refractivity contribution in [3.63, 3.8) is 0 Å². The Balaban J connectivity index is 1.22. The summed E-state index contributed by atoms with van der Waals surface area (Å²) in [6.45, 7) is -0.715. The number of phenolic OH excluding ortho intramolecular Hbond substituents is 2. The number of alkyl halides is 2. The molecule has 6 rings (SSSR count). The number of imide groups is 1. The number of nitrogens with one attached hydrogen (secondary N) is 1. The molecular weight excluding hydrogens is 747 g/mol. The van der Waals surface area contributed by atoms with Gasteiger partial charge in [-0.1, -0.05) is 5.16 Å². The highest BCUT2D eigenvalue weighted by Crippen LogP contribution is 2.44. The predicted molar refractivity (Wildman–Crippen MR) is 167 cm³/mol. The van der Waals surface area contributed by atoms with Crippen molar-refractivity contribution in [2.24, 2.45) is 5.16 Å². The lowest BCUT2D eigenvalue weighted by Gasteiger charge is -2.36. The molecule has 20 nitrogen and oxygen atoms in total. The van der Waals surface area contributed by atoms with Crippen LogP contribution < -0.4 is 11.1 Å². The third kappa shape index (κ3) is 6.00. The molecule has 1 saturated carbocycles. The number of benzene rings is 1. The summed E-state index contributed by atoms with van der Waals surface area (Å²) in [5.41, 5.74) is -0.723. The van der Waals surface area contributed by atoms with Crippen LogP contribution in [0.15, 0.2) is 22.7 Å². The zero-order chi connectivity index (χ0) is 37.2. The molecule has 3 fully saturated rings. The Morgan fingerprint density at radius 2 is 1.63 bits per heavy atom. The maximum Gasteiger partial charge on any atom is 0.372 e. The number of nitrogens with zero attached hydrogens (tertiary/aromatic N) is 4. The molecule has 0 bridgehead atoms. The van der Waals surface area contributed by atoms with E-state index in [1.807, 2.05) is 0 Å². The smallest absolute Gasteiger partial charge is 0.372 e. The third-order valence-corrected chi connectivity index (χ3v) is 10.1. The second-order valence-corrected chi connectivity index (χ2v) is 14.3. The minimum atomic E-state index is -2.93. The van der Waals surface area contributed by atoms with Gasteiger partial charge in [-0.2, -0.15) is 5.06 Å². The van der Waals surface area contributed by atoms with Crippen molar-refractivity contribution < 1.29 is 68.4 Å². The number of fused-ring (bicyclic) bond motifs is 1. The maximum absolute atomic E-state index is 13.5. The first-order valence-electron chi connectivity index (χ1n) is 14.7. The summed E-state index contributed by atoms with van der Waals surface area (Å²) < 4.78 is 3.90. The number of thiazole rings is 1. The minimum Gasteiger partial charge on any atom is -0.504 e. The molecule has 1 unspecified atom stereocenters. The van der Waals surface area contributed by atoms with Crippen molar-refractivity contribution in [1.29, 1.82) is 0 Å². The Morgan fingerprint density at radius 1 is 1.02 bits per heavy atom. The van der Waals surface area contributed by atoms with E-state index in [0.29, 0.717) is 4.90 Å². The number of carbonyl (C=O) groups excluding carboxylic acids is 5. The molecule has 4 aliphatic rings. The molecule has 0 spiro atoms. The van der Waals surface area contributed by atoms with Crippen molar-refractivity contribution in [2.75, 3.05) is 12.3 Å². The van der Waals surface area contributed by atoms with Crippen LogP contribution in [-0.2, 0) is 38.4 Å². The number of hydroxylamine groups is 2. The average molecular weight is 772 g/mol. The monoisotopic (exact) mass is 770 g/mol. The number of ether oxygens (including phenoxy) is 1. The number of aromatic hydroxyl groups is 2. The highest BCUT2D eigenvalue weighted by Gasteiger charge is 2.65. The largest absolute Gasteiger partial charge is 0.504 e. The molecule has 0 radical (unpaired) electrons. The van der Waals surface area contributed by atoms with Gasteiger partial charge in [0.25, 0.3) is 23.6 Å². The number of cyclic esters (lactones) is 1. The van der Waals surface area contributed by atoms with Gasteiger partial charge in [0.1, 0.15) is 28.7 Å². The van der Waals surface area contributed by atoms with Gasteiger partial charge < -0.3 is 41.1 Å². The molecule has 3 atom stereocenters. The number of rotatable bonds is 9. The number of hydrogen-bond donors (Lipinski definition) is 6. The topological polar surface area (TPSA) is 298 Å². The Morgan fingerprint density at radius 3 is 2.16 bits per heavy atom. The first-order valence-corrected chi connectivity index (χ1v) is 16.3. The number of halogens is 2. The van der Waals surface area contributed by atoms with Gasteiger partial charge in [0.05, 0.1) is 17.5 Å². The van der Waals surface area contributed by atoms with E-state index in [-0.39, 0.29) is 52.7 Å². The molecule has 3 aliphatic heterocycles.